The van der Waals surface area contributed by atoms with Crippen molar-refractivity contribution < 1.29 is 4.74 Å². The first-order chi connectivity index (χ1) is 9.74. The number of benzene rings is 2. The lowest BCUT2D eigenvalue weighted by molar-refractivity contribution is 0.412. The predicted molar refractivity (Wildman–Crippen MR) is 79.7 cm³/mol. The molecule has 1 aromatic heterocycles. The van der Waals surface area contributed by atoms with Gasteiger partial charge in [-0.2, -0.15) is 5.26 Å². The summed E-state index contributed by atoms with van der Waals surface area (Å²) in [6.07, 6.45) is 0. The van der Waals surface area contributed by atoms with E-state index >= 15 is 0 Å². The molecule has 3 aromatic rings. The Morgan fingerprint density at radius 1 is 1.15 bits per heavy atom. The Morgan fingerprint density at radius 3 is 2.65 bits per heavy atom. The number of methoxy groups -OCH3 is 1. The second kappa shape index (κ2) is 4.75. The number of aromatic nitrogens is 1. The molecule has 0 saturated carbocycles. The van der Waals surface area contributed by atoms with E-state index in [1.165, 1.54) is 0 Å². The van der Waals surface area contributed by atoms with Crippen LogP contribution in [-0.2, 0) is 0 Å². The minimum atomic E-state index is 0.685. The summed E-state index contributed by atoms with van der Waals surface area (Å²) in [5.41, 5.74) is 4.57. The molecule has 3 heteroatoms. The number of nitrogens with one attached hydrogen (secondary N) is 1. The van der Waals surface area contributed by atoms with Gasteiger partial charge in [0.05, 0.1) is 18.4 Å². The highest BCUT2D eigenvalue weighted by Gasteiger charge is 2.13. The third-order valence-corrected chi connectivity index (χ3v) is 3.50. The standard InChI is InChI=1S/C17H14N2O/c1-11-9-12(7-8-16(11)20-2)17-14(10-18)13-5-3-4-6-15(13)19-17/h3-9,19H,1-2H3. The van der Waals surface area contributed by atoms with Gasteiger partial charge in [-0.1, -0.05) is 18.2 Å². The maximum atomic E-state index is 9.44. The zero-order chi connectivity index (χ0) is 14.1. The summed E-state index contributed by atoms with van der Waals surface area (Å²) in [5, 5.41) is 10.4. The molecular weight excluding hydrogens is 248 g/mol. The van der Waals surface area contributed by atoms with Crippen LogP contribution in [-0.4, -0.2) is 12.1 Å². The molecule has 2 aromatic carbocycles. The predicted octanol–water partition coefficient (Wildman–Crippen LogP) is 4.02. The minimum absolute atomic E-state index is 0.685. The van der Waals surface area contributed by atoms with Crippen molar-refractivity contribution in [3.8, 4) is 23.1 Å². The molecule has 0 spiro atoms. The smallest absolute Gasteiger partial charge is 0.121 e. The molecule has 0 aliphatic rings. The largest absolute Gasteiger partial charge is 0.496 e. The lowest BCUT2D eigenvalue weighted by atomic mass is 10.0. The number of hydrogen-bond donors (Lipinski definition) is 1. The first-order valence-corrected chi connectivity index (χ1v) is 6.40. The van der Waals surface area contributed by atoms with Crippen molar-refractivity contribution in [1.29, 1.82) is 5.26 Å². The summed E-state index contributed by atoms with van der Waals surface area (Å²) in [6.45, 7) is 2.00. The van der Waals surface area contributed by atoms with Gasteiger partial charge in [0, 0.05) is 10.9 Å². The number of rotatable bonds is 2. The topological polar surface area (TPSA) is 48.8 Å². The summed E-state index contributed by atoms with van der Waals surface area (Å²) < 4.78 is 5.28. The van der Waals surface area contributed by atoms with E-state index in [9.17, 15) is 5.26 Å². The van der Waals surface area contributed by atoms with Gasteiger partial charge in [0.15, 0.2) is 0 Å². The summed E-state index contributed by atoms with van der Waals surface area (Å²) in [6, 6.07) is 16.1. The average molecular weight is 262 g/mol. The fourth-order valence-corrected chi connectivity index (χ4v) is 2.51. The van der Waals surface area contributed by atoms with Gasteiger partial charge in [0.1, 0.15) is 11.8 Å². The van der Waals surface area contributed by atoms with Crippen molar-refractivity contribution in [1.82, 2.24) is 4.98 Å². The SMILES string of the molecule is COc1ccc(-c2[nH]c3ccccc3c2C#N)cc1C. The number of nitrogens with zero attached hydrogens (tertiary/aromatic N) is 1. The number of hydrogen-bond acceptors (Lipinski definition) is 2. The number of ether oxygens (including phenoxy) is 1. The number of aryl methyl sites for hydroxylation is 1. The molecule has 1 N–H and O–H groups in total. The highest BCUT2D eigenvalue weighted by Crippen LogP contribution is 2.32. The van der Waals surface area contributed by atoms with Crippen molar-refractivity contribution in [3.05, 3.63) is 53.6 Å². The lowest BCUT2D eigenvalue weighted by Crippen LogP contribution is -1.88. The first kappa shape index (κ1) is 12.3. The third kappa shape index (κ3) is 1.83. The van der Waals surface area contributed by atoms with E-state index in [0.29, 0.717) is 5.56 Å². The number of nitriles is 1. The van der Waals surface area contributed by atoms with Crippen LogP contribution in [0.25, 0.3) is 22.2 Å². The molecule has 20 heavy (non-hydrogen) atoms. The minimum Gasteiger partial charge on any atom is -0.496 e. The van der Waals surface area contributed by atoms with Crippen LogP contribution >= 0.6 is 0 Å². The fraction of sp³-hybridized carbons (Fsp3) is 0.118. The molecule has 0 fully saturated rings. The van der Waals surface area contributed by atoms with E-state index in [4.69, 9.17) is 4.74 Å². The molecule has 3 rings (SSSR count). The summed E-state index contributed by atoms with van der Waals surface area (Å²) >= 11 is 0. The zero-order valence-corrected chi connectivity index (χ0v) is 11.4. The summed E-state index contributed by atoms with van der Waals surface area (Å²) in [5.74, 6) is 0.850. The molecule has 0 aliphatic heterocycles. The second-order valence-electron chi connectivity index (χ2n) is 4.72. The molecule has 0 saturated heterocycles. The van der Waals surface area contributed by atoms with Gasteiger partial charge in [-0.3, -0.25) is 0 Å². The molecule has 1 heterocycles. The Bertz CT molecular complexity index is 825. The van der Waals surface area contributed by atoms with Crippen LogP contribution in [0.15, 0.2) is 42.5 Å². The van der Waals surface area contributed by atoms with Gasteiger partial charge >= 0.3 is 0 Å². The molecule has 0 amide bonds. The van der Waals surface area contributed by atoms with Gasteiger partial charge in [0.2, 0.25) is 0 Å². The van der Waals surface area contributed by atoms with Crippen LogP contribution in [0.2, 0.25) is 0 Å². The van der Waals surface area contributed by atoms with Crippen LogP contribution in [0, 0.1) is 18.3 Å². The Labute approximate surface area is 117 Å². The number of fused-ring (bicyclic) bond motifs is 1. The monoisotopic (exact) mass is 262 g/mol. The number of aromatic amines is 1. The van der Waals surface area contributed by atoms with Crippen molar-refractivity contribution in [2.75, 3.05) is 7.11 Å². The average Bonchev–Trinajstić information content (AvgIpc) is 2.85. The van der Waals surface area contributed by atoms with E-state index in [1.807, 2.05) is 49.4 Å². The Kier molecular flexibility index (Phi) is 2.92. The maximum absolute atomic E-state index is 9.44. The van der Waals surface area contributed by atoms with E-state index in [0.717, 1.165) is 33.5 Å². The lowest BCUT2D eigenvalue weighted by Gasteiger charge is -2.06. The van der Waals surface area contributed by atoms with Crippen molar-refractivity contribution >= 4 is 10.9 Å². The van der Waals surface area contributed by atoms with Gasteiger partial charge < -0.3 is 9.72 Å². The molecule has 98 valence electrons. The maximum Gasteiger partial charge on any atom is 0.121 e. The molecule has 0 bridgehead atoms. The van der Waals surface area contributed by atoms with Crippen LogP contribution in [0.1, 0.15) is 11.1 Å². The van der Waals surface area contributed by atoms with E-state index < -0.39 is 0 Å². The quantitative estimate of drug-likeness (QED) is 0.758. The zero-order valence-electron chi connectivity index (χ0n) is 11.4. The van der Waals surface area contributed by atoms with Gasteiger partial charge in [-0.25, -0.2) is 0 Å². The van der Waals surface area contributed by atoms with Crippen molar-refractivity contribution in [2.45, 2.75) is 6.92 Å². The van der Waals surface area contributed by atoms with Crippen LogP contribution in [0.5, 0.6) is 5.75 Å². The number of para-hydroxylation sites is 1. The van der Waals surface area contributed by atoms with Crippen LogP contribution in [0.4, 0.5) is 0 Å². The first-order valence-electron chi connectivity index (χ1n) is 6.40. The van der Waals surface area contributed by atoms with Crippen molar-refractivity contribution in [2.24, 2.45) is 0 Å². The Hall–Kier alpha value is -2.73. The normalized spacial score (nSPS) is 10.4. The van der Waals surface area contributed by atoms with Crippen LogP contribution < -0.4 is 4.74 Å². The second-order valence-corrected chi connectivity index (χ2v) is 4.72. The highest BCUT2D eigenvalue weighted by atomic mass is 16.5. The van der Waals surface area contributed by atoms with Gasteiger partial charge in [0.25, 0.3) is 0 Å². The van der Waals surface area contributed by atoms with Gasteiger partial charge in [-0.05, 0) is 42.3 Å². The molecular formula is C17H14N2O. The van der Waals surface area contributed by atoms with Crippen molar-refractivity contribution in [3.63, 3.8) is 0 Å². The van der Waals surface area contributed by atoms with E-state index in [-0.39, 0.29) is 0 Å². The van der Waals surface area contributed by atoms with Crippen LogP contribution in [0.3, 0.4) is 0 Å². The molecule has 0 atom stereocenters. The molecule has 0 unspecified atom stereocenters. The Balaban J connectivity index is 2.24. The Morgan fingerprint density at radius 2 is 1.95 bits per heavy atom. The molecule has 3 nitrogen and oxygen atoms in total. The van der Waals surface area contributed by atoms with E-state index in [2.05, 4.69) is 11.1 Å². The van der Waals surface area contributed by atoms with E-state index in [1.54, 1.807) is 7.11 Å². The summed E-state index contributed by atoms with van der Waals surface area (Å²) in [4.78, 5) is 3.33. The highest BCUT2D eigenvalue weighted by molar-refractivity contribution is 5.93. The third-order valence-electron chi connectivity index (χ3n) is 3.50. The van der Waals surface area contributed by atoms with Gasteiger partial charge in [-0.15, -0.1) is 0 Å². The summed E-state index contributed by atoms with van der Waals surface area (Å²) in [7, 11) is 1.66. The molecule has 0 aliphatic carbocycles. The molecule has 0 radical (unpaired) electrons. The fourth-order valence-electron chi connectivity index (χ4n) is 2.51. The number of H-pyrrole nitrogens is 1.